The van der Waals surface area contributed by atoms with E-state index in [-0.39, 0.29) is 12.5 Å². The molecule has 0 radical (unpaired) electrons. The van der Waals surface area contributed by atoms with Crippen molar-refractivity contribution in [3.63, 3.8) is 0 Å². The van der Waals surface area contributed by atoms with Crippen LogP contribution in [0, 0.1) is 5.92 Å². The van der Waals surface area contributed by atoms with Gasteiger partial charge in [-0.3, -0.25) is 4.79 Å². The maximum atomic E-state index is 12.6. The van der Waals surface area contributed by atoms with Gasteiger partial charge in [0.2, 0.25) is 6.10 Å². The number of benzene rings is 1. The largest absolute Gasteiger partial charge is 0.441 e. The van der Waals surface area contributed by atoms with E-state index in [1.54, 1.807) is 19.9 Å². The number of ether oxygens (including phenoxy) is 1. The van der Waals surface area contributed by atoms with E-state index in [4.69, 9.17) is 21.2 Å². The first-order valence-electron chi connectivity index (χ1n) is 7.33. The van der Waals surface area contributed by atoms with Crippen LogP contribution in [0.3, 0.4) is 0 Å². The van der Waals surface area contributed by atoms with E-state index in [1.807, 2.05) is 25.1 Å². The van der Waals surface area contributed by atoms with Crippen molar-refractivity contribution < 1.29 is 19.2 Å². The van der Waals surface area contributed by atoms with Gasteiger partial charge in [-0.2, -0.15) is 0 Å². The minimum atomic E-state index is -0.859. The van der Waals surface area contributed by atoms with Gasteiger partial charge in [0.1, 0.15) is 5.60 Å². The average Bonchev–Trinajstić information content (AvgIpc) is 2.98. The van der Waals surface area contributed by atoms with Gasteiger partial charge in [0.05, 0.1) is 18.2 Å². The number of oxime groups is 1. The van der Waals surface area contributed by atoms with Gasteiger partial charge in [0, 0.05) is 10.6 Å². The molecule has 1 saturated heterocycles. The third-order valence-electron chi connectivity index (χ3n) is 3.93. The Morgan fingerprint density at radius 2 is 2.09 bits per heavy atom. The molecular formula is C16H17ClN2O4. The minimum Gasteiger partial charge on any atom is -0.441 e. The fraction of sp³-hybridized carbons (Fsp3) is 0.438. The zero-order chi connectivity index (χ0) is 16.8. The number of hydrogen-bond donors (Lipinski definition) is 0. The highest BCUT2D eigenvalue weighted by molar-refractivity contribution is 6.34. The molecule has 6 nitrogen and oxygen atoms in total. The monoisotopic (exact) mass is 336 g/mol. The van der Waals surface area contributed by atoms with Crippen LogP contribution in [0.4, 0.5) is 4.79 Å². The molecule has 0 unspecified atom stereocenters. The summed E-state index contributed by atoms with van der Waals surface area (Å²) in [6, 6.07) is 7.23. The topological polar surface area (TPSA) is 68.2 Å². The molecule has 0 N–H and O–H groups in total. The Kier molecular flexibility index (Phi) is 3.80. The molecule has 0 bridgehead atoms. The molecule has 0 aromatic heterocycles. The van der Waals surface area contributed by atoms with Crippen molar-refractivity contribution in [2.24, 2.45) is 11.1 Å². The minimum absolute atomic E-state index is 0.193. The van der Waals surface area contributed by atoms with E-state index < -0.39 is 23.7 Å². The van der Waals surface area contributed by atoms with Crippen molar-refractivity contribution >= 4 is 29.3 Å². The Morgan fingerprint density at radius 1 is 1.39 bits per heavy atom. The molecule has 2 heterocycles. The van der Waals surface area contributed by atoms with Crippen LogP contribution in [0.25, 0.3) is 0 Å². The van der Waals surface area contributed by atoms with Crippen molar-refractivity contribution in [3.05, 3.63) is 34.9 Å². The summed E-state index contributed by atoms with van der Waals surface area (Å²) in [5.41, 5.74) is 0.628. The second-order valence-electron chi connectivity index (χ2n) is 6.32. The lowest BCUT2D eigenvalue weighted by atomic mass is 9.93. The summed E-state index contributed by atoms with van der Waals surface area (Å²) in [5.74, 6) is -0.766. The first-order valence-corrected chi connectivity index (χ1v) is 7.71. The summed E-state index contributed by atoms with van der Waals surface area (Å²) in [7, 11) is 0. The van der Waals surface area contributed by atoms with Crippen molar-refractivity contribution in [2.75, 3.05) is 6.54 Å². The molecule has 1 fully saturated rings. The molecule has 0 spiro atoms. The third kappa shape index (κ3) is 2.79. The van der Waals surface area contributed by atoms with Crippen molar-refractivity contribution in [3.8, 4) is 0 Å². The van der Waals surface area contributed by atoms with Crippen molar-refractivity contribution in [2.45, 2.75) is 32.5 Å². The van der Waals surface area contributed by atoms with E-state index in [0.717, 1.165) is 10.5 Å². The molecule has 2 aliphatic heterocycles. The zero-order valence-electron chi connectivity index (χ0n) is 13.1. The first kappa shape index (κ1) is 15.8. The molecule has 1 aromatic carbocycles. The van der Waals surface area contributed by atoms with Crippen LogP contribution in [-0.4, -0.2) is 40.9 Å². The summed E-state index contributed by atoms with van der Waals surface area (Å²) in [6.07, 6.45) is -1.51. The van der Waals surface area contributed by atoms with E-state index in [2.05, 4.69) is 5.16 Å². The number of hydrogen-bond acceptors (Lipinski definition) is 5. The molecule has 1 aromatic rings. The summed E-state index contributed by atoms with van der Waals surface area (Å²) in [4.78, 5) is 30.9. The standard InChI is InChI=1S/C16H17ClN2O4/c1-9-12(10-6-4-5-7-11(10)17)18-23-13(9)14(20)19-8-16(2,3)22-15(19)21/h4-7,9,13H,8H2,1-3H3/t9-,13-/m0/s1. The number of carbonyl (C=O) groups excluding carboxylic acids is 2. The SMILES string of the molecule is C[C@H]1C(c2ccccc2Cl)=NO[C@@H]1C(=O)N1CC(C)(C)OC1=O. The Labute approximate surface area is 139 Å². The molecule has 2 amide bonds. The van der Waals surface area contributed by atoms with Crippen LogP contribution >= 0.6 is 11.6 Å². The van der Waals surface area contributed by atoms with Gasteiger partial charge in [-0.25, -0.2) is 9.69 Å². The lowest BCUT2D eigenvalue weighted by Gasteiger charge is -2.19. The van der Waals surface area contributed by atoms with Gasteiger partial charge in [-0.05, 0) is 19.9 Å². The Morgan fingerprint density at radius 3 is 2.70 bits per heavy atom. The van der Waals surface area contributed by atoms with Crippen molar-refractivity contribution in [1.82, 2.24) is 4.90 Å². The lowest BCUT2D eigenvalue weighted by molar-refractivity contribution is -0.140. The van der Waals surface area contributed by atoms with Gasteiger partial charge in [0.15, 0.2) is 0 Å². The molecule has 23 heavy (non-hydrogen) atoms. The van der Waals surface area contributed by atoms with Crippen LogP contribution in [0.15, 0.2) is 29.4 Å². The van der Waals surface area contributed by atoms with E-state index in [0.29, 0.717) is 10.7 Å². The van der Waals surface area contributed by atoms with E-state index >= 15 is 0 Å². The number of halogens is 1. The fourth-order valence-corrected chi connectivity index (χ4v) is 2.98. The van der Waals surface area contributed by atoms with Crippen LogP contribution in [0.5, 0.6) is 0 Å². The maximum absolute atomic E-state index is 12.6. The normalized spacial score (nSPS) is 25.8. The number of cyclic esters (lactones) is 1. The quantitative estimate of drug-likeness (QED) is 0.832. The van der Waals surface area contributed by atoms with Gasteiger partial charge in [0.25, 0.3) is 5.91 Å². The lowest BCUT2D eigenvalue weighted by Crippen LogP contribution is -2.44. The third-order valence-corrected chi connectivity index (χ3v) is 4.26. The summed E-state index contributed by atoms with van der Waals surface area (Å²) >= 11 is 6.18. The molecule has 122 valence electrons. The number of imide groups is 1. The van der Waals surface area contributed by atoms with Gasteiger partial charge in [-0.15, -0.1) is 0 Å². The van der Waals surface area contributed by atoms with Gasteiger partial charge < -0.3 is 9.57 Å². The van der Waals surface area contributed by atoms with Crippen LogP contribution in [0.1, 0.15) is 26.3 Å². The van der Waals surface area contributed by atoms with Crippen LogP contribution in [-0.2, 0) is 14.4 Å². The zero-order valence-corrected chi connectivity index (χ0v) is 13.8. The first-order chi connectivity index (χ1) is 10.8. The smallest absolute Gasteiger partial charge is 0.417 e. The molecule has 2 aliphatic rings. The highest BCUT2D eigenvalue weighted by Gasteiger charge is 2.47. The molecule has 2 atom stereocenters. The number of rotatable bonds is 2. The molecular weight excluding hydrogens is 320 g/mol. The molecule has 7 heteroatoms. The predicted molar refractivity (Wildman–Crippen MR) is 84.3 cm³/mol. The second kappa shape index (κ2) is 5.53. The van der Waals surface area contributed by atoms with Crippen LogP contribution < -0.4 is 0 Å². The Hall–Kier alpha value is -2.08. The molecule has 0 aliphatic carbocycles. The maximum Gasteiger partial charge on any atom is 0.417 e. The highest BCUT2D eigenvalue weighted by Crippen LogP contribution is 2.30. The Balaban J connectivity index is 1.79. The Bertz CT molecular complexity index is 701. The fourth-order valence-electron chi connectivity index (χ4n) is 2.74. The van der Waals surface area contributed by atoms with Crippen molar-refractivity contribution in [1.29, 1.82) is 0 Å². The van der Waals surface area contributed by atoms with E-state index in [9.17, 15) is 9.59 Å². The molecule has 0 saturated carbocycles. The summed E-state index contributed by atoms with van der Waals surface area (Å²) < 4.78 is 5.16. The highest BCUT2D eigenvalue weighted by atomic mass is 35.5. The average molecular weight is 337 g/mol. The van der Waals surface area contributed by atoms with E-state index in [1.165, 1.54) is 0 Å². The van der Waals surface area contributed by atoms with Crippen LogP contribution in [0.2, 0.25) is 5.02 Å². The predicted octanol–water partition coefficient (Wildman–Crippen LogP) is 2.84. The number of nitrogens with zero attached hydrogens (tertiary/aromatic N) is 2. The summed E-state index contributed by atoms with van der Waals surface area (Å²) in [5, 5.41) is 4.55. The number of amides is 2. The van der Waals surface area contributed by atoms with Gasteiger partial charge in [-0.1, -0.05) is 41.9 Å². The number of carbonyl (C=O) groups is 2. The second-order valence-corrected chi connectivity index (χ2v) is 6.73. The van der Waals surface area contributed by atoms with Gasteiger partial charge >= 0.3 is 6.09 Å². The molecule has 3 rings (SSSR count). The summed E-state index contributed by atoms with van der Waals surface area (Å²) in [6.45, 7) is 5.52.